The van der Waals surface area contributed by atoms with Gasteiger partial charge in [-0.15, -0.1) is 0 Å². The smallest absolute Gasteiger partial charge is 0.341 e. The van der Waals surface area contributed by atoms with Crippen LogP contribution in [0.15, 0.2) is 12.4 Å². The maximum Gasteiger partial charge on any atom is 0.341 e. The van der Waals surface area contributed by atoms with E-state index in [4.69, 9.17) is 5.73 Å². The minimum atomic E-state index is -0.751. The minimum Gasteiger partial charge on any atom is -0.465 e. The predicted molar refractivity (Wildman–Crippen MR) is 46.6 cm³/mol. The zero-order valence-electron chi connectivity index (χ0n) is 7.26. The highest BCUT2D eigenvalue weighted by Crippen LogP contribution is 2.23. The van der Waals surface area contributed by atoms with E-state index >= 15 is 0 Å². The van der Waals surface area contributed by atoms with Crippen LogP contribution >= 0.6 is 0 Å². The summed E-state index contributed by atoms with van der Waals surface area (Å²) >= 11 is 0. The maximum absolute atomic E-state index is 11.0. The van der Waals surface area contributed by atoms with Crippen LogP contribution in [0.5, 0.6) is 0 Å². The number of esters is 1. The van der Waals surface area contributed by atoms with E-state index in [-0.39, 0.29) is 11.3 Å². The number of hydrogen-bond donors (Lipinski definition) is 1. The van der Waals surface area contributed by atoms with Crippen molar-refractivity contribution in [2.24, 2.45) is 0 Å². The molecule has 0 aliphatic carbocycles. The van der Waals surface area contributed by atoms with E-state index < -0.39 is 16.6 Å². The van der Waals surface area contributed by atoms with Crippen LogP contribution in [0.4, 0.5) is 11.4 Å². The van der Waals surface area contributed by atoms with Crippen molar-refractivity contribution in [1.29, 1.82) is 0 Å². The third kappa shape index (κ3) is 1.60. The van der Waals surface area contributed by atoms with Crippen molar-refractivity contribution in [2.45, 2.75) is 0 Å². The van der Waals surface area contributed by atoms with Gasteiger partial charge in [0, 0.05) is 6.20 Å². The molecule has 0 amide bonds. The number of ether oxygens (including phenoxy) is 1. The second-order valence-electron chi connectivity index (χ2n) is 2.37. The summed E-state index contributed by atoms with van der Waals surface area (Å²) in [6.07, 6.45) is 2.09. The molecule has 0 saturated carbocycles. The number of pyridine rings is 1. The number of nitro groups is 1. The van der Waals surface area contributed by atoms with Gasteiger partial charge in [0.1, 0.15) is 17.4 Å². The van der Waals surface area contributed by atoms with Gasteiger partial charge in [0.15, 0.2) is 0 Å². The number of nitrogens with zero attached hydrogens (tertiary/aromatic N) is 2. The molecule has 1 aromatic heterocycles. The molecule has 1 heterocycles. The Morgan fingerprint density at radius 1 is 1.64 bits per heavy atom. The number of nitrogens with two attached hydrogens (primary N) is 1. The summed E-state index contributed by atoms with van der Waals surface area (Å²) < 4.78 is 4.37. The number of rotatable bonds is 2. The Morgan fingerprint density at radius 2 is 2.29 bits per heavy atom. The van der Waals surface area contributed by atoms with E-state index in [0.29, 0.717) is 0 Å². The fourth-order valence-corrected chi connectivity index (χ4v) is 0.878. The fourth-order valence-electron chi connectivity index (χ4n) is 0.878. The Hall–Kier alpha value is -2.18. The van der Waals surface area contributed by atoms with Crippen LogP contribution in [0, 0.1) is 10.1 Å². The molecule has 7 nitrogen and oxygen atoms in total. The quantitative estimate of drug-likeness (QED) is 0.416. The molecule has 1 rings (SSSR count). The summed E-state index contributed by atoms with van der Waals surface area (Å²) in [7, 11) is 1.15. The number of carbonyl (C=O) groups excluding carboxylic acids is 1. The van der Waals surface area contributed by atoms with Crippen LogP contribution in [-0.4, -0.2) is 23.0 Å². The summed E-state index contributed by atoms with van der Waals surface area (Å²) in [5.74, 6) is -0.751. The van der Waals surface area contributed by atoms with Crippen LogP contribution in [0.2, 0.25) is 0 Å². The minimum absolute atomic E-state index is 0.110. The third-order valence-corrected chi connectivity index (χ3v) is 1.57. The van der Waals surface area contributed by atoms with E-state index in [1.165, 1.54) is 0 Å². The highest BCUT2D eigenvalue weighted by atomic mass is 16.6. The molecule has 0 fully saturated rings. The highest BCUT2D eigenvalue weighted by molar-refractivity contribution is 5.96. The fraction of sp³-hybridized carbons (Fsp3) is 0.143. The molecular formula is C7H7N3O4. The van der Waals surface area contributed by atoms with Crippen molar-refractivity contribution in [1.82, 2.24) is 4.98 Å². The van der Waals surface area contributed by atoms with E-state index in [0.717, 1.165) is 19.5 Å². The number of hydrogen-bond acceptors (Lipinski definition) is 6. The zero-order valence-corrected chi connectivity index (χ0v) is 7.26. The molecule has 0 aromatic carbocycles. The van der Waals surface area contributed by atoms with Gasteiger partial charge in [-0.25, -0.2) is 4.79 Å². The first-order valence-corrected chi connectivity index (χ1v) is 3.54. The average molecular weight is 197 g/mol. The Labute approximate surface area is 78.6 Å². The van der Waals surface area contributed by atoms with Crippen LogP contribution in [-0.2, 0) is 4.74 Å². The summed E-state index contributed by atoms with van der Waals surface area (Å²) in [6.45, 7) is 0. The molecule has 0 spiro atoms. The van der Waals surface area contributed by atoms with Crippen LogP contribution in [0.3, 0.4) is 0 Å². The van der Waals surface area contributed by atoms with Crippen molar-refractivity contribution < 1.29 is 14.5 Å². The molecule has 0 radical (unpaired) electrons. The van der Waals surface area contributed by atoms with Gasteiger partial charge in [-0.2, -0.15) is 0 Å². The van der Waals surface area contributed by atoms with Gasteiger partial charge >= 0.3 is 11.7 Å². The Bertz CT molecular complexity index is 391. The normalized spacial score (nSPS) is 9.50. The number of methoxy groups -OCH3 is 1. The van der Waals surface area contributed by atoms with Gasteiger partial charge in [-0.3, -0.25) is 15.1 Å². The van der Waals surface area contributed by atoms with Gasteiger partial charge in [0.05, 0.1) is 12.0 Å². The Kier molecular flexibility index (Phi) is 2.61. The molecule has 0 unspecified atom stereocenters. The number of aromatic nitrogens is 1. The predicted octanol–water partition coefficient (Wildman–Crippen LogP) is 0.359. The number of carbonyl (C=O) groups is 1. The molecule has 74 valence electrons. The van der Waals surface area contributed by atoms with Gasteiger partial charge in [0.25, 0.3) is 0 Å². The summed E-state index contributed by atoms with van der Waals surface area (Å²) in [5, 5.41) is 10.4. The molecule has 0 saturated heterocycles. The van der Waals surface area contributed by atoms with E-state index in [9.17, 15) is 14.9 Å². The summed E-state index contributed by atoms with van der Waals surface area (Å²) in [6, 6.07) is 0. The molecular weight excluding hydrogens is 190 g/mol. The van der Waals surface area contributed by atoms with Crippen molar-refractivity contribution in [3.63, 3.8) is 0 Å². The maximum atomic E-state index is 11.0. The lowest BCUT2D eigenvalue weighted by molar-refractivity contribution is -0.384. The lowest BCUT2D eigenvalue weighted by atomic mass is 10.2. The molecule has 7 heteroatoms. The van der Waals surface area contributed by atoms with Crippen LogP contribution in [0.25, 0.3) is 0 Å². The molecule has 0 bridgehead atoms. The number of nitrogen functional groups attached to an aromatic ring is 1. The molecule has 0 aliphatic rings. The first-order valence-electron chi connectivity index (χ1n) is 3.54. The topological polar surface area (TPSA) is 108 Å². The lowest BCUT2D eigenvalue weighted by Gasteiger charge is -2.02. The molecule has 0 atom stereocenters. The second kappa shape index (κ2) is 3.69. The van der Waals surface area contributed by atoms with Crippen molar-refractivity contribution in [3.8, 4) is 0 Å². The van der Waals surface area contributed by atoms with Crippen molar-refractivity contribution >= 4 is 17.3 Å². The molecule has 0 aliphatic heterocycles. The SMILES string of the molecule is COC(=O)c1cncc([N+](=O)[O-])c1N. The standard InChI is InChI=1S/C7H7N3O4/c1-14-7(11)4-2-9-3-5(6(4)8)10(12)13/h2-3H,1H3,(H2,8,9). The van der Waals surface area contributed by atoms with Gasteiger partial charge in [-0.05, 0) is 0 Å². The van der Waals surface area contributed by atoms with Crippen LogP contribution in [0.1, 0.15) is 10.4 Å². The van der Waals surface area contributed by atoms with E-state index in [2.05, 4.69) is 9.72 Å². The summed E-state index contributed by atoms with van der Waals surface area (Å²) in [5.41, 5.74) is 4.62. The number of anilines is 1. The molecule has 1 aromatic rings. The Morgan fingerprint density at radius 3 is 2.79 bits per heavy atom. The molecule has 2 N–H and O–H groups in total. The zero-order chi connectivity index (χ0) is 10.7. The first kappa shape index (κ1) is 9.90. The highest BCUT2D eigenvalue weighted by Gasteiger charge is 2.20. The Balaban J connectivity index is 3.27. The second-order valence-corrected chi connectivity index (χ2v) is 2.37. The van der Waals surface area contributed by atoms with Gasteiger partial charge < -0.3 is 10.5 Å². The lowest BCUT2D eigenvalue weighted by Crippen LogP contribution is -2.08. The van der Waals surface area contributed by atoms with Crippen LogP contribution < -0.4 is 5.73 Å². The molecule has 14 heavy (non-hydrogen) atoms. The van der Waals surface area contributed by atoms with E-state index in [1.54, 1.807) is 0 Å². The average Bonchev–Trinajstić information content (AvgIpc) is 2.16. The van der Waals surface area contributed by atoms with Crippen molar-refractivity contribution in [3.05, 3.63) is 28.1 Å². The largest absolute Gasteiger partial charge is 0.465 e. The summed E-state index contributed by atoms with van der Waals surface area (Å²) in [4.78, 5) is 24.3. The van der Waals surface area contributed by atoms with Crippen molar-refractivity contribution in [2.75, 3.05) is 12.8 Å². The third-order valence-electron chi connectivity index (χ3n) is 1.57. The van der Waals surface area contributed by atoms with Gasteiger partial charge in [0.2, 0.25) is 0 Å². The van der Waals surface area contributed by atoms with Gasteiger partial charge in [-0.1, -0.05) is 0 Å². The van der Waals surface area contributed by atoms with E-state index in [1.807, 2.05) is 0 Å². The first-order chi connectivity index (χ1) is 6.57. The monoisotopic (exact) mass is 197 g/mol.